The van der Waals surface area contributed by atoms with Crippen molar-refractivity contribution in [3.05, 3.63) is 0 Å². The van der Waals surface area contributed by atoms with Crippen LogP contribution in [-0.4, -0.2) is 41.3 Å². The molecule has 0 aromatic carbocycles. The number of piperidine rings is 1. The van der Waals surface area contributed by atoms with Crippen LogP contribution < -0.4 is 0 Å². The molecule has 2 fully saturated rings. The maximum atomic E-state index is 12.4. The van der Waals surface area contributed by atoms with E-state index in [1.807, 2.05) is 20.8 Å². The molecule has 21 heavy (non-hydrogen) atoms. The summed E-state index contributed by atoms with van der Waals surface area (Å²) >= 11 is 0. The lowest BCUT2D eigenvalue weighted by molar-refractivity contribution is -0.156. The van der Waals surface area contributed by atoms with Gasteiger partial charge in [-0.05, 0) is 65.7 Å². The second-order valence-corrected chi connectivity index (χ2v) is 7.03. The van der Waals surface area contributed by atoms with E-state index < -0.39 is 17.7 Å². The summed E-state index contributed by atoms with van der Waals surface area (Å²) < 4.78 is 11.0. The summed E-state index contributed by atoms with van der Waals surface area (Å²) in [6, 6.07) is -0.478. The molecule has 120 valence electrons. The number of hydrogen-bond acceptors (Lipinski definition) is 4. The zero-order valence-electron chi connectivity index (χ0n) is 13.4. The number of esters is 1. The van der Waals surface area contributed by atoms with E-state index in [4.69, 9.17) is 9.47 Å². The molecule has 0 bridgehead atoms. The zero-order chi connectivity index (χ0) is 15.5. The van der Waals surface area contributed by atoms with Gasteiger partial charge in [0.25, 0.3) is 0 Å². The molecule has 2 aliphatic rings. The lowest BCUT2D eigenvalue weighted by Crippen LogP contribution is -2.50. The molecule has 0 radical (unpaired) electrons. The average Bonchev–Trinajstić information content (AvgIpc) is 2.89. The minimum absolute atomic E-state index is 0.0416. The highest BCUT2D eigenvalue weighted by Gasteiger charge is 2.37. The first kappa shape index (κ1) is 16.1. The molecule has 0 N–H and O–H groups in total. The van der Waals surface area contributed by atoms with Crippen molar-refractivity contribution in [2.45, 2.75) is 83.5 Å². The van der Waals surface area contributed by atoms with Crippen molar-refractivity contribution in [1.29, 1.82) is 0 Å². The van der Waals surface area contributed by atoms with Gasteiger partial charge in [0.1, 0.15) is 17.7 Å². The summed E-state index contributed by atoms with van der Waals surface area (Å²) in [5.74, 6) is -0.257. The maximum absolute atomic E-state index is 12.4. The molecule has 0 aromatic heterocycles. The topological polar surface area (TPSA) is 55.8 Å². The smallest absolute Gasteiger partial charge is 0.411 e. The minimum Gasteiger partial charge on any atom is -0.461 e. The van der Waals surface area contributed by atoms with Gasteiger partial charge in [0, 0.05) is 6.54 Å². The Bertz CT molecular complexity index is 382. The van der Waals surface area contributed by atoms with Gasteiger partial charge in [-0.15, -0.1) is 0 Å². The predicted octanol–water partition coefficient (Wildman–Crippen LogP) is 3.26. The number of carbonyl (C=O) groups is 2. The highest BCUT2D eigenvalue weighted by atomic mass is 16.6. The Hall–Kier alpha value is -1.26. The van der Waals surface area contributed by atoms with Crippen LogP contribution in [0.5, 0.6) is 0 Å². The molecule has 2 rings (SSSR count). The predicted molar refractivity (Wildman–Crippen MR) is 78.9 cm³/mol. The zero-order valence-corrected chi connectivity index (χ0v) is 13.4. The SMILES string of the molecule is CC(C)(C)OC(=O)N1CCCCC1C(=O)OC1CCCC1. The molecule has 1 heterocycles. The molecule has 1 atom stereocenters. The van der Waals surface area contributed by atoms with Gasteiger partial charge in [0.2, 0.25) is 0 Å². The summed E-state index contributed by atoms with van der Waals surface area (Å²) in [4.78, 5) is 26.2. The number of ether oxygens (including phenoxy) is 2. The molecule has 1 aliphatic heterocycles. The normalized spacial score (nSPS) is 24.0. The lowest BCUT2D eigenvalue weighted by atomic mass is 10.0. The summed E-state index contributed by atoms with van der Waals surface area (Å²) in [6.07, 6.45) is 6.31. The van der Waals surface area contributed by atoms with Crippen molar-refractivity contribution in [1.82, 2.24) is 4.90 Å². The van der Waals surface area contributed by atoms with Crippen LogP contribution in [0, 0.1) is 0 Å². The molecule has 0 spiro atoms. The number of rotatable bonds is 2. The van der Waals surface area contributed by atoms with Gasteiger partial charge in [-0.25, -0.2) is 9.59 Å². The van der Waals surface area contributed by atoms with Gasteiger partial charge in [-0.2, -0.15) is 0 Å². The quantitative estimate of drug-likeness (QED) is 0.734. The third kappa shape index (κ3) is 4.61. The highest BCUT2D eigenvalue weighted by Crippen LogP contribution is 2.25. The Labute approximate surface area is 127 Å². The van der Waals surface area contributed by atoms with Gasteiger partial charge < -0.3 is 9.47 Å². The van der Waals surface area contributed by atoms with Crippen molar-refractivity contribution in [2.24, 2.45) is 0 Å². The number of nitrogens with zero attached hydrogens (tertiary/aromatic N) is 1. The van der Waals surface area contributed by atoms with Crippen LogP contribution in [0.2, 0.25) is 0 Å². The Balaban J connectivity index is 1.97. The van der Waals surface area contributed by atoms with Crippen molar-refractivity contribution in [3.63, 3.8) is 0 Å². The van der Waals surface area contributed by atoms with E-state index in [-0.39, 0.29) is 12.1 Å². The molecule has 1 amide bonds. The molecule has 1 saturated heterocycles. The van der Waals surface area contributed by atoms with E-state index in [1.165, 1.54) is 0 Å². The van der Waals surface area contributed by atoms with Gasteiger partial charge >= 0.3 is 12.1 Å². The molecule has 1 aliphatic carbocycles. The summed E-state index contributed by atoms with van der Waals surface area (Å²) in [6.45, 7) is 6.07. The molecule has 5 nitrogen and oxygen atoms in total. The fraction of sp³-hybridized carbons (Fsp3) is 0.875. The van der Waals surface area contributed by atoms with E-state index in [1.54, 1.807) is 4.90 Å². The Morgan fingerprint density at radius 2 is 1.62 bits per heavy atom. The van der Waals surface area contributed by atoms with Crippen LogP contribution in [0.3, 0.4) is 0 Å². The summed E-state index contributed by atoms with van der Waals surface area (Å²) in [7, 11) is 0. The monoisotopic (exact) mass is 297 g/mol. The fourth-order valence-corrected chi connectivity index (χ4v) is 2.96. The first-order chi connectivity index (χ1) is 9.87. The van der Waals surface area contributed by atoms with Crippen LogP contribution in [0.1, 0.15) is 65.7 Å². The summed E-state index contributed by atoms with van der Waals surface area (Å²) in [5, 5.41) is 0. The van der Waals surface area contributed by atoms with Crippen LogP contribution in [0.15, 0.2) is 0 Å². The second-order valence-electron chi connectivity index (χ2n) is 7.03. The average molecular weight is 297 g/mol. The maximum Gasteiger partial charge on any atom is 0.411 e. The van der Waals surface area contributed by atoms with Gasteiger partial charge in [0.15, 0.2) is 0 Å². The molecule has 0 aromatic rings. The molecular weight excluding hydrogens is 270 g/mol. The van der Waals surface area contributed by atoms with Gasteiger partial charge in [0.05, 0.1) is 0 Å². The second kappa shape index (κ2) is 6.67. The van der Waals surface area contributed by atoms with Crippen molar-refractivity contribution < 1.29 is 19.1 Å². The third-order valence-corrected chi connectivity index (χ3v) is 3.99. The molecule has 5 heteroatoms. The van der Waals surface area contributed by atoms with Gasteiger partial charge in [-0.1, -0.05) is 0 Å². The first-order valence-corrected chi connectivity index (χ1v) is 8.07. The van der Waals surface area contributed by atoms with E-state index in [0.29, 0.717) is 13.0 Å². The third-order valence-electron chi connectivity index (χ3n) is 3.99. The number of likely N-dealkylation sites (tertiary alicyclic amines) is 1. The minimum atomic E-state index is -0.547. The Morgan fingerprint density at radius 1 is 1.00 bits per heavy atom. The standard InChI is InChI=1S/C16H27NO4/c1-16(2,3)21-15(19)17-11-7-6-10-13(17)14(18)20-12-8-4-5-9-12/h12-13H,4-11H2,1-3H3. The van der Waals surface area contributed by atoms with E-state index >= 15 is 0 Å². The number of amides is 1. The first-order valence-electron chi connectivity index (χ1n) is 8.07. The molecular formula is C16H27NO4. The van der Waals surface area contributed by atoms with Gasteiger partial charge in [-0.3, -0.25) is 4.90 Å². The largest absolute Gasteiger partial charge is 0.461 e. The molecule has 1 unspecified atom stereocenters. The number of hydrogen-bond donors (Lipinski definition) is 0. The molecule has 1 saturated carbocycles. The highest BCUT2D eigenvalue weighted by molar-refractivity contribution is 5.82. The van der Waals surface area contributed by atoms with E-state index in [9.17, 15) is 9.59 Å². The van der Waals surface area contributed by atoms with Crippen LogP contribution in [-0.2, 0) is 14.3 Å². The van der Waals surface area contributed by atoms with Crippen LogP contribution >= 0.6 is 0 Å². The van der Waals surface area contributed by atoms with Crippen molar-refractivity contribution >= 4 is 12.1 Å². The van der Waals surface area contributed by atoms with E-state index in [0.717, 1.165) is 38.5 Å². The Morgan fingerprint density at radius 3 is 2.24 bits per heavy atom. The van der Waals surface area contributed by atoms with Crippen LogP contribution in [0.4, 0.5) is 4.79 Å². The van der Waals surface area contributed by atoms with Crippen LogP contribution in [0.25, 0.3) is 0 Å². The summed E-state index contributed by atoms with van der Waals surface area (Å²) in [5.41, 5.74) is -0.547. The fourth-order valence-electron chi connectivity index (χ4n) is 2.96. The number of carbonyl (C=O) groups excluding carboxylic acids is 2. The Kier molecular flexibility index (Phi) is 5.12. The van der Waals surface area contributed by atoms with E-state index in [2.05, 4.69) is 0 Å². The van der Waals surface area contributed by atoms with Crippen molar-refractivity contribution in [2.75, 3.05) is 6.54 Å². The van der Waals surface area contributed by atoms with Crippen molar-refractivity contribution in [3.8, 4) is 0 Å². The lowest BCUT2D eigenvalue weighted by Gasteiger charge is -2.35.